The molecule has 118 valence electrons. The predicted molar refractivity (Wildman–Crippen MR) is 92.6 cm³/mol. The summed E-state index contributed by atoms with van der Waals surface area (Å²) in [7, 11) is 0. The van der Waals surface area contributed by atoms with Crippen LogP contribution in [-0.4, -0.2) is 35.6 Å². The molecule has 0 bridgehead atoms. The highest BCUT2D eigenvalue weighted by atomic mass is 16.1. The lowest BCUT2D eigenvalue weighted by Gasteiger charge is -2.33. The summed E-state index contributed by atoms with van der Waals surface area (Å²) < 4.78 is 0. The average molecular weight is 299 g/mol. The molecular weight excluding hydrogens is 274 g/mol. The van der Waals surface area contributed by atoms with E-state index in [1.807, 2.05) is 18.2 Å². The van der Waals surface area contributed by atoms with Gasteiger partial charge in [0.1, 0.15) is 0 Å². The Labute approximate surface area is 131 Å². The Bertz CT molecular complexity index is 679. The van der Waals surface area contributed by atoms with Crippen molar-refractivity contribution >= 4 is 16.5 Å². The van der Waals surface area contributed by atoms with Crippen molar-refractivity contribution in [3.63, 3.8) is 0 Å². The Hall–Kier alpha value is -1.81. The van der Waals surface area contributed by atoms with Crippen LogP contribution in [0, 0.1) is 0 Å². The van der Waals surface area contributed by atoms with Crippen LogP contribution in [0.25, 0.3) is 10.8 Å². The Morgan fingerprint density at radius 1 is 1.36 bits per heavy atom. The minimum atomic E-state index is -0.0209. The van der Waals surface area contributed by atoms with Gasteiger partial charge in [0.15, 0.2) is 0 Å². The maximum absolute atomic E-state index is 11.7. The summed E-state index contributed by atoms with van der Waals surface area (Å²) in [5.41, 5.74) is 1.09. The monoisotopic (exact) mass is 299 g/mol. The second-order valence-electron chi connectivity index (χ2n) is 6.25. The number of nitrogens with one attached hydrogen (secondary N) is 2. The van der Waals surface area contributed by atoms with Gasteiger partial charge in [0, 0.05) is 29.9 Å². The number of rotatable bonds is 5. The van der Waals surface area contributed by atoms with Crippen molar-refractivity contribution in [3.8, 4) is 0 Å². The zero-order chi connectivity index (χ0) is 15.4. The number of anilines is 1. The number of fused-ring (bicyclic) bond motifs is 1. The molecule has 0 aliphatic carbocycles. The first-order valence-corrected chi connectivity index (χ1v) is 8.36. The van der Waals surface area contributed by atoms with Gasteiger partial charge in [0.25, 0.3) is 5.56 Å². The van der Waals surface area contributed by atoms with Crippen LogP contribution in [0.5, 0.6) is 0 Å². The van der Waals surface area contributed by atoms with Crippen LogP contribution in [0.2, 0.25) is 0 Å². The molecule has 0 spiro atoms. The number of aromatic amines is 1. The van der Waals surface area contributed by atoms with E-state index in [-0.39, 0.29) is 5.56 Å². The van der Waals surface area contributed by atoms with E-state index < -0.39 is 0 Å². The van der Waals surface area contributed by atoms with Crippen molar-refractivity contribution in [2.45, 2.75) is 38.6 Å². The van der Waals surface area contributed by atoms with Crippen molar-refractivity contribution in [3.05, 3.63) is 40.8 Å². The Balaban J connectivity index is 1.68. The van der Waals surface area contributed by atoms with Gasteiger partial charge < -0.3 is 15.2 Å². The quantitative estimate of drug-likeness (QED) is 0.891. The van der Waals surface area contributed by atoms with Crippen molar-refractivity contribution in [1.29, 1.82) is 0 Å². The fourth-order valence-electron chi connectivity index (χ4n) is 3.28. The first-order valence-electron chi connectivity index (χ1n) is 8.36. The zero-order valence-corrected chi connectivity index (χ0v) is 13.3. The van der Waals surface area contributed by atoms with Gasteiger partial charge in [-0.25, -0.2) is 0 Å². The molecule has 2 N–H and O–H groups in total. The molecule has 1 fully saturated rings. The molecule has 1 aromatic heterocycles. The third-order valence-corrected chi connectivity index (χ3v) is 4.48. The number of likely N-dealkylation sites (tertiary alicyclic amines) is 1. The smallest absolute Gasteiger partial charge is 0.255 e. The van der Waals surface area contributed by atoms with E-state index in [4.69, 9.17) is 0 Å². The second-order valence-corrected chi connectivity index (χ2v) is 6.25. The molecular formula is C18H25N3O. The van der Waals surface area contributed by atoms with Crippen molar-refractivity contribution < 1.29 is 0 Å². The first-order chi connectivity index (χ1) is 10.8. The van der Waals surface area contributed by atoms with Gasteiger partial charge in [-0.05, 0) is 62.0 Å². The topological polar surface area (TPSA) is 48.1 Å². The summed E-state index contributed by atoms with van der Waals surface area (Å²) in [4.78, 5) is 17.0. The largest absolute Gasteiger partial charge is 0.381 e. The molecule has 3 rings (SSSR count). The third kappa shape index (κ3) is 3.50. The highest BCUT2D eigenvalue weighted by Crippen LogP contribution is 2.20. The number of nitrogens with zero attached hydrogens (tertiary/aromatic N) is 1. The summed E-state index contributed by atoms with van der Waals surface area (Å²) in [5, 5.41) is 5.39. The molecule has 0 radical (unpaired) electrons. The number of benzene rings is 1. The maximum Gasteiger partial charge on any atom is 0.255 e. The minimum absolute atomic E-state index is 0.0209. The number of pyridine rings is 1. The number of piperidine rings is 1. The molecule has 0 unspecified atom stereocenters. The molecule has 0 saturated carbocycles. The minimum Gasteiger partial charge on any atom is -0.381 e. The van der Waals surface area contributed by atoms with Crippen molar-refractivity contribution in [1.82, 2.24) is 9.88 Å². The van der Waals surface area contributed by atoms with Crippen LogP contribution < -0.4 is 10.9 Å². The van der Waals surface area contributed by atoms with Crippen molar-refractivity contribution in [2.24, 2.45) is 0 Å². The van der Waals surface area contributed by atoms with Crippen LogP contribution in [0.1, 0.15) is 32.6 Å². The van der Waals surface area contributed by atoms with Gasteiger partial charge in [-0.3, -0.25) is 4.79 Å². The molecule has 2 heterocycles. The lowest BCUT2D eigenvalue weighted by atomic mass is 10.0. The Kier molecular flexibility index (Phi) is 4.78. The molecule has 22 heavy (non-hydrogen) atoms. The van der Waals surface area contributed by atoms with Crippen LogP contribution >= 0.6 is 0 Å². The van der Waals surface area contributed by atoms with E-state index in [1.54, 1.807) is 6.20 Å². The Morgan fingerprint density at radius 3 is 3.14 bits per heavy atom. The fraction of sp³-hybridized carbons (Fsp3) is 0.500. The van der Waals surface area contributed by atoms with Gasteiger partial charge in [-0.2, -0.15) is 0 Å². The summed E-state index contributed by atoms with van der Waals surface area (Å²) in [5.74, 6) is 0. The Morgan fingerprint density at radius 2 is 2.27 bits per heavy atom. The van der Waals surface area contributed by atoms with Gasteiger partial charge in [0.05, 0.1) is 0 Å². The SMILES string of the molecule is CCCCN1CCC[C@@H](Nc2ccc3c(=O)[nH]ccc3c2)C1. The summed E-state index contributed by atoms with van der Waals surface area (Å²) in [6.07, 6.45) is 6.73. The lowest BCUT2D eigenvalue weighted by Crippen LogP contribution is -2.42. The van der Waals surface area contributed by atoms with E-state index in [1.165, 1.54) is 38.8 Å². The highest BCUT2D eigenvalue weighted by molar-refractivity contribution is 5.84. The summed E-state index contributed by atoms with van der Waals surface area (Å²) in [6, 6.07) is 8.47. The average Bonchev–Trinajstić information content (AvgIpc) is 2.53. The van der Waals surface area contributed by atoms with E-state index >= 15 is 0 Å². The zero-order valence-electron chi connectivity index (χ0n) is 13.3. The normalized spacial score (nSPS) is 19.4. The number of unbranched alkanes of at least 4 members (excludes halogenated alkanes) is 1. The standard InChI is InChI=1S/C18H25N3O/c1-2-3-10-21-11-4-5-16(13-21)20-15-6-7-17-14(12-15)8-9-19-18(17)22/h6-9,12,16,20H,2-5,10-11,13H2,1H3,(H,19,22)/t16-/m1/s1. The molecule has 1 saturated heterocycles. The lowest BCUT2D eigenvalue weighted by molar-refractivity contribution is 0.213. The molecule has 4 nitrogen and oxygen atoms in total. The van der Waals surface area contributed by atoms with Gasteiger partial charge in [-0.1, -0.05) is 13.3 Å². The number of H-pyrrole nitrogens is 1. The molecule has 1 aliphatic heterocycles. The van der Waals surface area contributed by atoms with E-state index in [2.05, 4.69) is 28.2 Å². The molecule has 2 aromatic rings. The van der Waals surface area contributed by atoms with Crippen LogP contribution in [-0.2, 0) is 0 Å². The van der Waals surface area contributed by atoms with Gasteiger partial charge >= 0.3 is 0 Å². The highest BCUT2D eigenvalue weighted by Gasteiger charge is 2.19. The molecule has 1 atom stereocenters. The second kappa shape index (κ2) is 6.97. The van der Waals surface area contributed by atoms with Crippen molar-refractivity contribution in [2.75, 3.05) is 25.0 Å². The molecule has 4 heteroatoms. The van der Waals surface area contributed by atoms with E-state index in [0.717, 1.165) is 23.0 Å². The van der Waals surface area contributed by atoms with Crippen LogP contribution in [0.15, 0.2) is 35.3 Å². The number of aromatic nitrogens is 1. The van der Waals surface area contributed by atoms with E-state index in [0.29, 0.717) is 6.04 Å². The molecule has 0 amide bonds. The number of hydrogen-bond donors (Lipinski definition) is 2. The number of hydrogen-bond acceptors (Lipinski definition) is 3. The van der Waals surface area contributed by atoms with Gasteiger partial charge in [0.2, 0.25) is 0 Å². The first kappa shape index (κ1) is 15.1. The third-order valence-electron chi connectivity index (χ3n) is 4.48. The fourth-order valence-corrected chi connectivity index (χ4v) is 3.28. The van der Waals surface area contributed by atoms with Crippen LogP contribution in [0.4, 0.5) is 5.69 Å². The molecule has 1 aliphatic rings. The maximum atomic E-state index is 11.7. The van der Waals surface area contributed by atoms with Crippen LogP contribution in [0.3, 0.4) is 0 Å². The van der Waals surface area contributed by atoms with E-state index in [9.17, 15) is 4.79 Å². The predicted octanol–water partition coefficient (Wildman–Crippen LogP) is 3.20. The summed E-state index contributed by atoms with van der Waals surface area (Å²) in [6.45, 7) is 5.80. The van der Waals surface area contributed by atoms with Gasteiger partial charge in [-0.15, -0.1) is 0 Å². The summed E-state index contributed by atoms with van der Waals surface area (Å²) >= 11 is 0. The molecule has 1 aromatic carbocycles.